The average molecular weight is 804 g/mol. The highest BCUT2D eigenvalue weighted by molar-refractivity contribution is 5.79. The number of halogens is 4. The second-order valence-electron chi connectivity index (χ2n) is 16.7. The maximum Gasteiger partial charge on any atom is 0.333 e. The van der Waals surface area contributed by atoms with Crippen molar-refractivity contribution in [1.82, 2.24) is 34.1 Å². The highest BCUT2D eigenvalue weighted by atomic mass is 19.3. The van der Waals surface area contributed by atoms with Gasteiger partial charge in [0.1, 0.15) is 34.4 Å². The first-order valence-corrected chi connectivity index (χ1v) is 21.1. The van der Waals surface area contributed by atoms with Crippen LogP contribution in [0.3, 0.4) is 0 Å². The first-order chi connectivity index (χ1) is 28.8. The zero-order valence-corrected chi connectivity index (χ0v) is 32.8. The van der Waals surface area contributed by atoms with Gasteiger partial charge < -0.3 is 15.2 Å². The summed E-state index contributed by atoms with van der Waals surface area (Å²) in [6.07, 6.45) is 17.4. The van der Waals surface area contributed by atoms with Gasteiger partial charge >= 0.3 is 11.9 Å². The standard InChI is InChI=1S/C45H46F4N10/c46-30-15-11-28(12-16-30)38-40(58(27-51-38)34-7-3-1-4-8-34)37-22-24-57(43(55-37)53-33-25-45(48,49)26-33)44-56-39(29-13-17-31(47)18-14-29)41(59(44)35-9-5-2-6-10-35)36-21-23-50-42(54-36)52-32-19-20-32/h11-18,21-24,27,32-35H,1-10,19-20,25-26H2,(H,50,52,54)/p+1. The Labute approximate surface area is 340 Å². The minimum absolute atomic E-state index is 0.0381. The summed E-state index contributed by atoms with van der Waals surface area (Å²) in [7, 11) is 0. The Morgan fingerprint density at radius 1 is 0.610 bits per heavy atom. The van der Waals surface area contributed by atoms with Gasteiger partial charge in [-0.15, -0.1) is 9.97 Å². The Morgan fingerprint density at radius 2 is 1.24 bits per heavy atom. The first kappa shape index (κ1) is 37.6. The second kappa shape index (κ2) is 15.5. The molecule has 6 aromatic rings. The van der Waals surface area contributed by atoms with E-state index in [1.54, 1.807) is 30.5 Å². The van der Waals surface area contributed by atoms with Gasteiger partial charge in [0.05, 0.1) is 30.3 Å². The van der Waals surface area contributed by atoms with Gasteiger partial charge in [-0.25, -0.2) is 32.5 Å². The molecule has 0 saturated heterocycles. The van der Waals surface area contributed by atoms with Crippen molar-refractivity contribution in [3.63, 3.8) is 0 Å². The molecule has 4 aromatic heterocycles. The molecule has 2 N–H and O–H groups in total. The van der Waals surface area contributed by atoms with Crippen molar-refractivity contribution in [3.05, 3.63) is 91.0 Å². The highest BCUT2D eigenvalue weighted by Gasteiger charge is 2.47. The van der Waals surface area contributed by atoms with Gasteiger partial charge in [0, 0.05) is 48.3 Å². The van der Waals surface area contributed by atoms with Gasteiger partial charge in [-0.2, -0.15) is 4.57 Å². The van der Waals surface area contributed by atoms with Crippen molar-refractivity contribution >= 4 is 11.9 Å². The molecule has 4 saturated carbocycles. The van der Waals surface area contributed by atoms with Crippen LogP contribution in [0.4, 0.5) is 29.5 Å². The molecule has 4 aliphatic rings. The SMILES string of the molecule is Fc1ccc(-c2ncn(C3CCCCC3)c2-c2cc[n+](-c3nc(-c4ccc(F)cc4)c(-c4ccnc(NC5CC5)n4)n3C3CCCCC3)c(NC3CC(F)(F)C3)n2)cc1. The summed E-state index contributed by atoms with van der Waals surface area (Å²) in [5.41, 5.74) is 5.60. The molecular formula is C45H47F4N10+. The van der Waals surface area contributed by atoms with Crippen LogP contribution in [0, 0.1) is 11.6 Å². The monoisotopic (exact) mass is 803 g/mol. The maximum absolute atomic E-state index is 14.5. The Hall–Kier alpha value is -5.66. The van der Waals surface area contributed by atoms with E-state index < -0.39 is 12.0 Å². The third-order valence-corrected chi connectivity index (χ3v) is 12.4. The first-order valence-electron chi connectivity index (χ1n) is 21.1. The molecule has 0 amide bonds. The Bertz CT molecular complexity index is 2440. The molecule has 59 heavy (non-hydrogen) atoms. The van der Waals surface area contributed by atoms with Crippen LogP contribution >= 0.6 is 0 Å². The van der Waals surface area contributed by atoms with Crippen LogP contribution in [0.1, 0.15) is 102 Å². The lowest BCUT2D eigenvalue weighted by Crippen LogP contribution is -2.48. The van der Waals surface area contributed by atoms with Crippen molar-refractivity contribution in [2.45, 2.75) is 120 Å². The number of alkyl halides is 2. The lowest BCUT2D eigenvalue weighted by molar-refractivity contribution is -0.593. The van der Waals surface area contributed by atoms with E-state index in [0.717, 1.165) is 87.6 Å². The van der Waals surface area contributed by atoms with Gasteiger partial charge in [0.2, 0.25) is 5.95 Å². The summed E-state index contributed by atoms with van der Waals surface area (Å²) < 4.78 is 63.8. The maximum atomic E-state index is 14.5. The Kier molecular flexibility index (Phi) is 9.88. The molecule has 0 spiro atoms. The minimum Gasteiger partial charge on any atom is -0.351 e. The van der Waals surface area contributed by atoms with Gasteiger partial charge in [0.15, 0.2) is 5.69 Å². The Balaban J connectivity index is 1.18. The molecule has 0 atom stereocenters. The molecule has 10 rings (SSSR count). The van der Waals surface area contributed by atoms with Crippen LogP contribution in [0.15, 0.2) is 79.4 Å². The van der Waals surface area contributed by atoms with E-state index in [9.17, 15) is 17.6 Å². The lowest BCUT2D eigenvalue weighted by Gasteiger charge is -2.34. The van der Waals surface area contributed by atoms with Crippen LogP contribution in [0.5, 0.6) is 0 Å². The van der Waals surface area contributed by atoms with Crippen LogP contribution in [-0.2, 0) is 0 Å². The number of benzene rings is 2. The fourth-order valence-electron chi connectivity index (χ4n) is 9.13. The van der Waals surface area contributed by atoms with E-state index in [1.807, 2.05) is 29.2 Å². The summed E-state index contributed by atoms with van der Waals surface area (Å²) in [4.78, 5) is 25.1. The summed E-state index contributed by atoms with van der Waals surface area (Å²) >= 11 is 0. The van der Waals surface area contributed by atoms with E-state index >= 15 is 0 Å². The molecule has 4 aliphatic carbocycles. The number of hydrogen-bond acceptors (Lipinski definition) is 7. The molecule has 0 aliphatic heterocycles. The Morgan fingerprint density at radius 3 is 1.88 bits per heavy atom. The predicted octanol–water partition coefficient (Wildman–Crippen LogP) is 10.3. The highest BCUT2D eigenvalue weighted by Crippen LogP contribution is 2.42. The summed E-state index contributed by atoms with van der Waals surface area (Å²) in [6.45, 7) is 0. The number of imidazole rings is 2. The molecule has 2 aromatic carbocycles. The predicted molar refractivity (Wildman–Crippen MR) is 217 cm³/mol. The average Bonchev–Trinajstić information content (AvgIpc) is 3.80. The molecule has 0 bridgehead atoms. The van der Waals surface area contributed by atoms with Crippen molar-refractivity contribution < 1.29 is 22.1 Å². The van der Waals surface area contributed by atoms with Crippen molar-refractivity contribution in [3.8, 4) is 51.2 Å². The number of rotatable bonds is 11. The molecule has 10 nitrogen and oxygen atoms in total. The topological polar surface area (TPSA) is 102 Å². The number of anilines is 2. The van der Waals surface area contributed by atoms with Gasteiger partial charge in [-0.1, -0.05) is 38.5 Å². The number of nitrogens with zero attached hydrogens (tertiary/aromatic N) is 8. The van der Waals surface area contributed by atoms with Gasteiger partial charge in [0.25, 0.3) is 5.92 Å². The zero-order chi connectivity index (χ0) is 40.1. The largest absolute Gasteiger partial charge is 0.351 e. The number of nitrogens with one attached hydrogen (secondary N) is 2. The van der Waals surface area contributed by atoms with E-state index in [1.165, 1.54) is 30.7 Å². The quantitative estimate of drug-likeness (QED) is 0.0993. The molecule has 4 fully saturated rings. The van der Waals surface area contributed by atoms with E-state index in [0.29, 0.717) is 52.2 Å². The van der Waals surface area contributed by atoms with E-state index in [-0.39, 0.29) is 36.6 Å². The molecule has 0 unspecified atom stereocenters. The summed E-state index contributed by atoms with van der Waals surface area (Å²) in [6, 6.07) is 16.5. The molecular weight excluding hydrogens is 757 g/mol. The van der Waals surface area contributed by atoms with Crippen LogP contribution < -0.4 is 15.2 Å². The van der Waals surface area contributed by atoms with Crippen molar-refractivity contribution in [1.29, 1.82) is 0 Å². The van der Waals surface area contributed by atoms with Gasteiger partial charge in [-0.05, 0) is 93.1 Å². The minimum atomic E-state index is -2.77. The number of aromatic nitrogens is 8. The van der Waals surface area contributed by atoms with E-state index in [2.05, 4.69) is 24.8 Å². The molecule has 4 heterocycles. The van der Waals surface area contributed by atoms with E-state index in [4.69, 9.17) is 19.9 Å². The van der Waals surface area contributed by atoms with Crippen LogP contribution in [0.2, 0.25) is 0 Å². The van der Waals surface area contributed by atoms with Crippen LogP contribution in [0.25, 0.3) is 51.2 Å². The third-order valence-electron chi connectivity index (χ3n) is 12.4. The normalized spacial score (nSPS) is 18.8. The van der Waals surface area contributed by atoms with Crippen molar-refractivity contribution in [2.75, 3.05) is 10.6 Å². The smallest absolute Gasteiger partial charge is 0.333 e. The third kappa shape index (κ3) is 7.69. The van der Waals surface area contributed by atoms with Gasteiger partial charge in [-0.3, -0.25) is 4.57 Å². The molecule has 0 radical (unpaired) electrons. The lowest BCUT2D eigenvalue weighted by atomic mass is 9.88. The second-order valence-corrected chi connectivity index (χ2v) is 16.7. The fraction of sp³-hybridized carbons (Fsp3) is 0.422. The molecule has 14 heteroatoms. The molecule has 304 valence electrons. The summed E-state index contributed by atoms with van der Waals surface area (Å²) in [5.74, 6) is -2.01. The fourth-order valence-corrected chi connectivity index (χ4v) is 9.13. The number of hydrogen-bond donors (Lipinski definition) is 2. The van der Waals surface area contributed by atoms with Crippen LogP contribution in [-0.4, -0.2) is 52.1 Å². The van der Waals surface area contributed by atoms with Crippen molar-refractivity contribution in [2.24, 2.45) is 0 Å². The zero-order valence-electron chi connectivity index (χ0n) is 32.8. The summed E-state index contributed by atoms with van der Waals surface area (Å²) in [5, 5.41) is 6.84.